The summed E-state index contributed by atoms with van der Waals surface area (Å²) in [7, 11) is 0. The van der Waals surface area contributed by atoms with Crippen molar-refractivity contribution in [1.82, 2.24) is 14.9 Å². The summed E-state index contributed by atoms with van der Waals surface area (Å²) < 4.78 is 2.05. The van der Waals surface area contributed by atoms with Crippen molar-refractivity contribution in [2.45, 2.75) is 45.6 Å². The molecule has 0 saturated heterocycles. The van der Waals surface area contributed by atoms with Crippen molar-refractivity contribution in [1.29, 1.82) is 0 Å². The maximum absolute atomic E-state index is 12.4. The van der Waals surface area contributed by atoms with Crippen LogP contribution in [0.25, 0.3) is 5.13 Å². The number of aromatic nitrogens is 2. The van der Waals surface area contributed by atoms with Crippen LogP contribution >= 0.6 is 11.3 Å². The van der Waals surface area contributed by atoms with E-state index in [-0.39, 0.29) is 5.91 Å². The van der Waals surface area contributed by atoms with Gasteiger partial charge in [0.05, 0.1) is 5.56 Å². The molecule has 106 valence electrons. The molecule has 2 aromatic heterocycles. The fourth-order valence-corrected chi connectivity index (χ4v) is 3.70. The number of hydrogen-bond acceptors (Lipinski definition) is 3. The van der Waals surface area contributed by atoms with Gasteiger partial charge in [-0.05, 0) is 32.8 Å². The molecular weight excluding hydrogens is 270 g/mol. The normalized spacial score (nSPS) is 15.7. The highest BCUT2D eigenvalue weighted by Crippen LogP contribution is 2.23. The third-order valence-corrected chi connectivity index (χ3v) is 4.73. The smallest absolute Gasteiger partial charge is 0.253 e. The number of aryl methyl sites for hydroxylation is 1. The molecule has 1 aliphatic carbocycles. The lowest BCUT2D eigenvalue weighted by Gasteiger charge is -2.12. The predicted molar refractivity (Wildman–Crippen MR) is 80.6 cm³/mol. The van der Waals surface area contributed by atoms with Gasteiger partial charge in [-0.3, -0.25) is 9.36 Å². The van der Waals surface area contributed by atoms with Crippen molar-refractivity contribution in [3.63, 3.8) is 0 Å². The Kier molecular flexibility index (Phi) is 3.61. The van der Waals surface area contributed by atoms with Crippen LogP contribution < -0.4 is 5.32 Å². The molecule has 20 heavy (non-hydrogen) atoms. The van der Waals surface area contributed by atoms with E-state index < -0.39 is 0 Å². The number of hydrogen-bond donors (Lipinski definition) is 1. The first-order valence-electron chi connectivity index (χ1n) is 7.06. The molecule has 3 rings (SSSR count). The number of carbonyl (C=O) groups is 1. The molecule has 2 aromatic rings. The molecule has 0 unspecified atom stereocenters. The van der Waals surface area contributed by atoms with Gasteiger partial charge in [-0.15, -0.1) is 11.3 Å². The summed E-state index contributed by atoms with van der Waals surface area (Å²) in [4.78, 5) is 16.7. The molecule has 0 radical (unpaired) electrons. The molecule has 1 amide bonds. The molecule has 1 aliphatic rings. The Morgan fingerprint density at radius 3 is 2.80 bits per heavy atom. The van der Waals surface area contributed by atoms with Crippen LogP contribution in [0, 0.1) is 13.8 Å². The molecule has 0 aliphatic heterocycles. The van der Waals surface area contributed by atoms with Crippen LogP contribution in [0.2, 0.25) is 0 Å². The summed E-state index contributed by atoms with van der Waals surface area (Å²) in [5.41, 5.74) is 2.78. The second kappa shape index (κ2) is 5.40. The third kappa shape index (κ3) is 2.38. The van der Waals surface area contributed by atoms with Crippen LogP contribution in [0.3, 0.4) is 0 Å². The number of amides is 1. The first kappa shape index (κ1) is 13.4. The van der Waals surface area contributed by atoms with Crippen molar-refractivity contribution < 1.29 is 4.79 Å². The maximum atomic E-state index is 12.4. The van der Waals surface area contributed by atoms with Gasteiger partial charge >= 0.3 is 0 Å². The van der Waals surface area contributed by atoms with E-state index in [0.717, 1.165) is 34.9 Å². The third-order valence-electron chi connectivity index (χ3n) is 3.98. The Labute approximate surface area is 122 Å². The summed E-state index contributed by atoms with van der Waals surface area (Å²) in [5, 5.41) is 6.02. The number of thiazole rings is 1. The Bertz CT molecular complexity index is 609. The minimum Gasteiger partial charge on any atom is -0.349 e. The van der Waals surface area contributed by atoms with Gasteiger partial charge in [-0.25, -0.2) is 4.98 Å². The molecule has 4 nitrogen and oxygen atoms in total. The van der Waals surface area contributed by atoms with Crippen LogP contribution in [0.4, 0.5) is 0 Å². The van der Waals surface area contributed by atoms with Crippen molar-refractivity contribution in [3.8, 4) is 5.13 Å². The van der Waals surface area contributed by atoms with Crippen LogP contribution in [0.1, 0.15) is 47.4 Å². The molecule has 0 spiro atoms. The highest BCUT2D eigenvalue weighted by Gasteiger charge is 2.22. The minimum absolute atomic E-state index is 0.0489. The van der Waals surface area contributed by atoms with Crippen LogP contribution in [0.5, 0.6) is 0 Å². The summed E-state index contributed by atoms with van der Waals surface area (Å²) in [6.07, 6.45) is 6.46. The van der Waals surface area contributed by atoms with E-state index in [1.54, 1.807) is 17.5 Å². The first-order chi connectivity index (χ1) is 9.66. The Morgan fingerprint density at radius 2 is 2.15 bits per heavy atom. The first-order valence-corrected chi connectivity index (χ1v) is 7.94. The van der Waals surface area contributed by atoms with Crippen molar-refractivity contribution in [2.24, 2.45) is 0 Å². The average Bonchev–Trinajstić information content (AvgIpc) is 3.11. The van der Waals surface area contributed by atoms with Crippen molar-refractivity contribution >= 4 is 17.2 Å². The molecule has 1 N–H and O–H groups in total. The van der Waals surface area contributed by atoms with E-state index in [1.807, 2.05) is 29.9 Å². The Hall–Kier alpha value is -1.62. The Balaban J connectivity index is 1.87. The molecule has 5 heteroatoms. The lowest BCUT2D eigenvalue weighted by Crippen LogP contribution is -2.32. The second-order valence-electron chi connectivity index (χ2n) is 5.39. The SMILES string of the molecule is Cc1cc(C(=O)NC2CCCC2)c(C)n1-c1nccs1. The van der Waals surface area contributed by atoms with E-state index >= 15 is 0 Å². The fraction of sp³-hybridized carbons (Fsp3) is 0.467. The molecule has 1 fully saturated rings. The van der Waals surface area contributed by atoms with Gasteiger partial charge < -0.3 is 5.32 Å². The fourth-order valence-electron chi connectivity index (χ4n) is 2.95. The van der Waals surface area contributed by atoms with Gasteiger partial charge in [-0.2, -0.15) is 0 Å². The predicted octanol–water partition coefficient (Wildman–Crippen LogP) is 3.22. The number of nitrogens with zero attached hydrogens (tertiary/aromatic N) is 2. The molecule has 0 bridgehead atoms. The molecule has 1 saturated carbocycles. The number of carbonyl (C=O) groups excluding carboxylic acids is 1. The molecular formula is C15H19N3OS. The van der Waals surface area contributed by atoms with Crippen LogP contribution in [-0.2, 0) is 0 Å². The van der Waals surface area contributed by atoms with Gasteiger partial charge in [0.1, 0.15) is 0 Å². The van der Waals surface area contributed by atoms with E-state index in [4.69, 9.17) is 0 Å². The van der Waals surface area contributed by atoms with Crippen LogP contribution in [-0.4, -0.2) is 21.5 Å². The van der Waals surface area contributed by atoms with Gasteiger partial charge in [0, 0.05) is 29.0 Å². The summed E-state index contributed by atoms with van der Waals surface area (Å²) >= 11 is 1.58. The highest BCUT2D eigenvalue weighted by molar-refractivity contribution is 7.12. The van der Waals surface area contributed by atoms with Crippen LogP contribution in [0.15, 0.2) is 17.6 Å². The molecule has 0 atom stereocenters. The van der Waals surface area contributed by atoms with E-state index in [9.17, 15) is 4.79 Å². The highest BCUT2D eigenvalue weighted by atomic mass is 32.1. The summed E-state index contributed by atoms with van der Waals surface area (Å²) in [5.74, 6) is 0.0489. The lowest BCUT2D eigenvalue weighted by atomic mass is 10.2. The number of rotatable bonds is 3. The molecule has 0 aromatic carbocycles. The zero-order chi connectivity index (χ0) is 14.1. The van der Waals surface area contributed by atoms with E-state index in [0.29, 0.717) is 6.04 Å². The quantitative estimate of drug-likeness (QED) is 0.943. The zero-order valence-electron chi connectivity index (χ0n) is 11.8. The average molecular weight is 289 g/mol. The van der Waals surface area contributed by atoms with E-state index in [1.165, 1.54) is 12.8 Å². The van der Waals surface area contributed by atoms with Gasteiger partial charge in [0.2, 0.25) is 0 Å². The summed E-state index contributed by atoms with van der Waals surface area (Å²) in [6, 6.07) is 2.31. The summed E-state index contributed by atoms with van der Waals surface area (Å²) in [6.45, 7) is 4.00. The number of nitrogens with one attached hydrogen (secondary N) is 1. The van der Waals surface area contributed by atoms with Gasteiger partial charge in [-0.1, -0.05) is 12.8 Å². The van der Waals surface area contributed by atoms with E-state index in [2.05, 4.69) is 10.3 Å². The van der Waals surface area contributed by atoms with Gasteiger partial charge in [0.15, 0.2) is 5.13 Å². The topological polar surface area (TPSA) is 46.9 Å². The minimum atomic E-state index is 0.0489. The van der Waals surface area contributed by atoms with Crippen molar-refractivity contribution in [2.75, 3.05) is 0 Å². The monoisotopic (exact) mass is 289 g/mol. The Morgan fingerprint density at radius 1 is 1.40 bits per heavy atom. The molecule has 2 heterocycles. The zero-order valence-corrected chi connectivity index (χ0v) is 12.7. The lowest BCUT2D eigenvalue weighted by molar-refractivity contribution is 0.0937. The van der Waals surface area contributed by atoms with Crippen molar-refractivity contribution in [3.05, 3.63) is 34.6 Å². The standard InChI is InChI=1S/C15H19N3OS/c1-10-9-13(14(19)17-12-5-3-4-6-12)11(2)18(10)15-16-7-8-20-15/h7-9,12H,3-6H2,1-2H3,(H,17,19). The second-order valence-corrected chi connectivity index (χ2v) is 6.26. The largest absolute Gasteiger partial charge is 0.349 e. The van der Waals surface area contributed by atoms with Gasteiger partial charge in [0.25, 0.3) is 5.91 Å². The maximum Gasteiger partial charge on any atom is 0.253 e.